The van der Waals surface area contributed by atoms with E-state index in [1.54, 1.807) is 6.92 Å². The Morgan fingerprint density at radius 1 is 1.19 bits per heavy atom. The van der Waals surface area contributed by atoms with Gasteiger partial charge in [-0.3, -0.25) is 4.90 Å². The van der Waals surface area contributed by atoms with E-state index in [4.69, 9.17) is 9.72 Å². The summed E-state index contributed by atoms with van der Waals surface area (Å²) < 4.78 is 73.5. The molecule has 0 amide bonds. The number of rotatable bonds is 7. The topological polar surface area (TPSA) is 121 Å². The molecule has 3 aromatic heterocycles. The van der Waals surface area contributed by atoms with Crippen LogP contribution in [0.2, 0.25) is 0 Å². The molecule has 2 fully saturated rings. The summed E-state index contributed by atoms with van der Waals surface area (Å²) >= 11 is 0.939. The van der Waals surface area contributed by atoms with Crippen molar-refractivity contribution in [3.05, 3.63) is 40.5 Å². The van der Waals surface area contributed by atoms with Crippen LogP contribution in [0.4, 0.5) is 30.6 Å². The van der Waals surface area contributed by atoms with Crippen molar-refractivity contribution in [2.75, 3.05) is 55.4 Å². The highest BCUT2D eigenvalue weighted by Gasteiger charge is 2.38. The zero-order chi connectivity index (χ0) is 30.5. The third-order valence-electron chi connectivity index (χ3n) is 8.07. The zero-order valence-electron chi connectivity index (χ0n) is 23.8. The molecule has 0 spiro atoms. The summed E-state index contributed by atoms with van der Waals surface area (Å²) in [6, 6.07) is 5.27. The van der Waals surface area contributed by atoms with Crippen LogP contribution in [-0.4, -0.2) is 84.6 Å². The molecule has 5 heterocycles. The van der Waals surface area contributed by atoms with Crippen LogP contribution < -0.4 is 10.2 Å². The fraction of sp³-hybridized carbons (Fsp3) is 0.536. The molecule has 15 heteroatoms. The Balaban J connectivity index is 1.33. The van der Waals surface area contributed by atoms with Crippen molar-refractivity contribution in [3.63, 3.8) is 0 Å². The van der Waals surface area contributed by atoms with Crippen LogP contribution in [0.25, 0.3) is 10.6 Å². The van der Waals surface area contributed by atoms with Crippen LogP contribution >= 0.6 is 11.3 Å². The lowest BCUT2D eigenvalue weighted by molar-refractivity contribution is -0.137. The first-order valence-electron chi connectivity index (χ1n) is 14.2. The Morgan fingerprint density at radius 2 is 1.98 bits per heavy atom. The van der Waals surface area contributed by atoms with Crippen molar-refractivity contribution in [1.29, 1.82) is 0 Å². The highest BCUT2D eigenvalue weighted by molar-refractivity contribution is 7.91. The van der Waals surface area contributed by atoms with Crippen LogP contribution in [0.5, 0.6) is 0 Å². The summed E-state index contributed by atoms with van der Waals surface area (Å²) in [4.78, 5) is 18.1. The van der Waals surface area contributed by atoms with Crippen LogP contribution in [0, 0.1) is 0 Å². The van der Waals surface area contributed by atoms with Gasteiger partial charge in [0.05, 0.1) is 56.8 Å². The number of sulfone groups is 1. The van der Waals surface area contributed by atoms with E-state index in [1.807, 2.05) is 12.1 Å². The number of halogens is 3. The number of fused-ring (bicyclic) bond motifs is 1. The lowest BCUT2D eigenvalue weighted by Crippen LogP contribution is -2.52. The highest BCUT2D eigenvalue weighted by atomic mass is 32.2. The maximum Gasteiger partial charge on any atom is 0.420 e. The van der Waals surface area contributed by atoms with Gasteiger partial charge in [0.15, 0.2) is 9.84 Å². The molecule has 10 nitrogen and oxygen atoms in total. The number of nitrogens with one attached hydrogen (secondary N) is 1. The standard InChI is InChI=1S/C28H33F3N6O4S2/c1-16-15-37(8-7-36(16)9-10-38)23-6-5-20(24(34-23)18-3-4-18)33-27-32-14-19(28(29,30)31)25(35-27)21-13-22-26(42-21)17(2)41-11-12-43(22,39)40/h5-6,13-14,16-18,38H,3-4,7-12,15H2,1-2H3,(H,32,33,35)/t16-,17-/m1/s1. The van der Waals surface area contributed by atoms with E-state index in [0.717, 1.165) is 61.5 Å². The lowest BCUT2D eigenvalue weighted by atomic mass is 10.1. The summed E-state index contributed by atoms with van der Waals surface area (Å²) in [6.07, 6.45) is -2.68. The van der Waals surface area contributed by atoms with E-state index in [9.17, 15) is 26.7 Å². The van der Waals surface area contributed by atoms with Gasteiger partial charge in [-0.05, 0) is 44.9 Å². The summed E-state index contributed by atoms with van der Waals surface area (Å²) in [5.41, 5.74) is -0.00748. The predicted molar refractivity (Wildman–Crippen MR) is 157 cm³/mol. The van der Waals surface area contributed by atoms with Gasteiger partial charge in [-0.2, -0.15) is 13.2 Å². The molecule has 232 valence electrons. The number of aromatic nitrogens is 3. The molecule has 0 unspecified atom stereocenters. The molecule has 2 N–H and O–H groups in total. The van der Waals surface area contributed by atoms with E-state index < -0.39 is 33.4 Å². The lowest BCUT2D eigenvalue weighted by Gasteiger charge is -2.40. The molecule has 1 saturated heterocycles. The smallest absolute Gasteiger partial charge is 0.395 e. The van der Waals surface area contributed by atoms with Crippen molar-refractivity contribution < 1.29 is 31.4 Å². The van der Waals surface area contributed by atoms with Gasteiger partial charge in [0.1, 0.15) is 11.4 Å². The molecule has 1 aliphatic carbocycles. The fourth-order valence-electron chi connectivity index (χ4n) is 5.59. The first kappa shape index (κ1) is 30.2. The van der Waals surface area contributed by atoms with Gasteiger partial charge in [0.2, 0.25) is 5.95 Å². The number of pyridine rings is 1. The quantitative estimate of drug-likeness (QED) is 0.380. The van der Waals surface area contributed by atoms with Gasteiger partial charge < -0.3 is 20.1 Å². The first-order chi connectivity index (χ1) is 20.4. The number of β-amino-alcohol motifs (C(OH)–C–C–N with tert-alkyl or cyclic N) is 1. The number of thiophene rings is 1. The summed E-state index contributed by atoms with van der Waals surface area (Å²) in [6.45, 7) is 6.90. The number of anilines is 3. The third kappa shape index (κ3) is 6.23. The number of hydrogen-bond donors (Lipinski definition) is 2. The third-order valence-corrected chi connectivity index (χ3v) is 11.2. The summed E-state index contributed by atoms with van der Waals surface area (Å²) in [7, 11) is -3.72. The van der Waals surface area contributed by atoms with Crippen LogP contribution in [0.3, 0.4) is 0 Å². The molecule has 0 aromatic carbocycles. The Hall–Kier alpha value is -2.85. The molecule has 2 atom stereocenters. The van der Waals surface area contributed by atoms with Crippen molar-refractivity contribution in [1.82, 2.24) is 19.9 Å². The van der Waals surface area contributed by atoms with Gasteiger partial charge in [-0.15, -0.1) is 11.3 Å². The second kappa shape index (κ2) is 11.6. The van der Waals surface area contributed by atoms with E-state index in [-0.39, 0.29) is 46.6 Å². The molecular formula is C28H33F3N6O4S2. The zero-order valence-corrected chi connectivity index (χ0v) is 25.4. The van der Waals surface area contributed by atoms with Gasteiger partial charge in [0.25, 0.3) is 0 Å². The summed E-state index contributed by atoms with van der Waals surface area (Å²) in [5, 5.41) is 12.4. The van der Waals surface area contributed by atoms with E-state index in [0.29, 0.717) is 17.1 Å². The number of nitrogens with zero attached hydrogens (tertiary/aromatic N) is 5. The molecule has 3 aliphatic rings. The number of piperazine rings is 1. The molecule has 43 heavy (non-hydrogen) atoms. The number of aliphatic hydroxyl groups excluding tert-OH is 1. The van der Waals surface area contributed by atoms with Crippen LogP contribution in [-0.2, 0) is 20.8 Å². The maximum absolute atomic E-state index is 14.1. The largest absolute Gasteiger partial charge is 0.420 e. The minimum absolute atomic E-state index is 0.0129. The highest BCUT2D eigenvalue weighted by Crippen LogP contribution is 2.46. The Bertz CT molecular complexity index is 1610. The average Bonchev–Trinajstić information content (AvgIpc) is 3.71. The first-order valence-corrected chi connectivity index (χ1v) is 16.7. The maximum atomic E-state index is 14.1. The van der Waals surface area contributed by atoms with Crippen LogP contribution in [0.15, 0.2) is 29.3 Å². The van der Waals surface area contributed by atoms with E-state index >= 15 is 0 Å². The molecule has 0 radical (unpaired) electrons. The molecule has 1 saturated carbocycles. The fourth-order valence-corrected chi connectivity index (χ4v) is 8.53. The molecule has 0 bridgehead atoms. The number of ether oxygens (including phenoxy) is 1. The average molecular weight is 639 g/mol. The summed E-state index contributed by atoms with van der Waals surface area (Å²) in [5.74, 6) is 0.771. The van der Waals surface area contributed by atoms with Crippen molar-refractivity contribution in [2.24, 2.45) is 0 Å². The SMILES string of the molecule is C[C@@H]1CN(c2ccc(Nc3ncc(C(F)(F)F)c(-c4cc5c(s4)[C@@H](C)OCCS5(=O)=O)n3)c(C3CC3)n2)CCN1CCO. The number of hydrogen-bond acceptors (Lipinski definition) is 11. The van der Waals surface area contributed by atoms with Gasteiger partial charge in [-0.25, -0.2) is 23.4 Å². The monoisotopic (exact) mass is 638 g/mol. The Morgan fingerprint density at radius 3 is 2.67 bits per heavy atom. The Kier molecular flexibility index (Phi) is 8.13. The van der Waals surface area contributed by atoms with Crippen LogP contribution in [0.1, 0.15) is 54.8 Å². The minimum atomic E-state index is -4.75. The Labute approximate surface area is 251 Å². The molecule has 6 rings (SSSR count). The van der Waals surface area contributed by atoms with Crippen molar-refractivity contribution in [2.45, 2.75) is 55.8 Å². The van der Waals surface area contributed by atoms with E-state index in [2.05, 4.69) is 32.0 Å². The second-order valence-electron chi connectivity index (χ2n) is 11.2. The van der Waals surface area contributed by atoms with Gasteiger partial charge in [0, 0.05) is 44.3 Å². The van der Waals surface area contributed by atoms with E-state index in [1.165, 1.54) is 6.07 Å². The minimum Gasteiger partial charge on any atom is -0.395 e. The van der Waals surface area contributed by atoms with Crippen molar-refractivity contribution in [3.8, 4) is 10.6 Å². The molecule has 3 aromatic rings. The van der Waals surface area contributed by atoms with Gasteiger partial charge in [-0.1, -0.05) is 0 Å². The predicted octanol–water partition coefficient (Wildman–Crippen LogP) is 4.61. The normalized spacial score (nSPS) is 22.7. The van der Waals surface area contributed by atoms with Crippen molar-refractivity contribution >= 4 is 38.6 Å². The number of aliphatic hydroxyl groups is 1. The van der Waals surface area contributed by atoms with Gasteiger partial charge >= 0.3 is 6.18 Å². The molecule has 2 aliphatic heterocycles. The molecular weight excluding hydrogens is 605 g/mol. The number of alkyl halides is 3. The second-order valence-corrected chi connectivity index (χ2v) is 14.3.